The molecule has 7 heteroatoms. The summed E-state index contributed by atoms with van der Waals surface area (Å²) in [5.41, 5.74) is -0.551. The highest BCUT2D eigenvalue weighted by atomic mass is 35.5. The number of hydrogen-bond donors (Lipinski definition) is 1. The Morgan fingerprint density at radius 3 is 2.45 bits per heavy atom. The summed E-state index contributed by atoms with van der Waals surface area (Å²) in [6.45, 7) is 0. The maximum absolute atomic E-state index is 11.9. The van der Waals surface area contributed by atoms with Crippen molar-refractivity contribution in [1.82, 2.24) is 4.98 Å². The lowest BCUT2D eigenvalue weighted by Crippen LogP contribution is -2.16. The van der Waals surface area contributed by atoms with E-state index >= 15 is 0 Å². The summed E-state index contributed by atoms with van der Waals surface area (Å²) in [6.07, 6.45) is 2.20. The predicted octanol–water partition coefficient (Wildman–Crippen LogP) is 1.97. The fourth-order valence-electron chi connectivity index (χ4n) is 1.88. The van der Waals surface area contributed by atoms with Crippen LogP contribution in [0.25, 0.3) is 11.1 Å². The van der Waals surface area contributed by atoms with Crippen LogP contribution in [0, 0.1) is 11.3 Å². The predicted molar refractivity (Wildman–Crippen MR) is 75.3 cm³/mol. The van der Waals surface area contributed by atoms with Gasteiger partial charge in [0.25, 0.3) is 5.56 Å². The molecule has 0 fully saturated rings. The molecule has 2 aromatic rings. The van der Waals surface area contributed by atoms with Crippen LogP contribution < -0.4 is 5.56 Å². The number of pyridine rings is 1. The third-order valence-corrected chi connectivity index (χ3v) is 4.19. The molecule has 0 bridgehead atoms. The van der Waals surface area contributed by atoms with E-state index in [2.05, 4.69) is 4.98 Å². The van der Waals surface area contributed by atoms with E-state index < -0.39 is 21.0 Å². The molecule has 0 aliphatic rings. The zero-order valence-electron chi connectivity index (χ0n) is 10.3. The van der Waals surface area contributed by atoms with Crippen molar-refractivity contribution in [3.8, 4) is 17.2 Å². The van der Waals surface area contributed by atoms with E-state index in [0.717, 1.165) is 6.26 Å². The second-order valence-corrected chi connectivity index (χ2v) is 6.46. The van der Waals surface area contributed by atoms with Crippen molar-refractivity contribution < 1.29 is 8.42 Å². The number of H-pyrrole nitrogens is 1. The van der Waals surface area contributed by atoms with E-state index in [1.54, 1.807) is 30.3 Å². The molecule has 102 valence electrons. The summed E-state index contributed by atoms with van der Waals surface area (Å²) in [7, 11) is -3.76. The van der Waals surface area contributed by atoms with Crippen molar-refractivity contribution in [3.63, 3.8) is 0 Å². The van der Waals surface area contributed by atoms with Crippen LogP contribution in [0.15, 0.2) is 40.2 Å². The van der Waals surface area contributed by atoms with Crippen LogP contribution in [0.3, 0.4) is 0 Å². The molecule has 2 rings (SSSR count). The molecule has 0 aliphatic heterocycles. The van der Waals surface area contributed by atoms with Crippen molar-refractivity contribution in [2.75, 3.05) is 6.26 Å². The lowest BCUT2D eigenvalue weighted by atomic mass is 10.1. The van der Waals surface area contributed by atoms with Crippen molar-refractivity contribution in [2.45, 2.75) is 4.90 Å². The average molecular weight is 309 g/mol. The number of benzene rings is 1. The van der Waals surface area contributed by atoms with Crippen LogP contribution in [0.1, 0.15) is 5.56 Å². The van der Waals surface area contributed by atoms with E-state index in [1.807, 2.05) is 0 Å². The Morgan fingerprint density at radius 2 is 1.90 bits per heavy atom. The van der Waals surface area contributed by atoms with Crippen LogP contribution in [-0.4, -0.2) is 19.7 Å². The molecule has 1 aromatic carbocycles. The van der Waals surface area contributed by atoms with Gasteiger partial charge >= 0.3 is 0 Å². The van der Waals surface area contributed by atoms with Crippen LogP contribution in [0.5, 0.6) is 0 Å². The number of halogens is 1. The fraction of sp³-hybridized carbons (Fsp3) is 0.0769. The van der Waals surface area contributed by atoms with E-state index in [9.17, 15) is 13.2 Å². The molecule has 1 aromatic heterocycles. The highest BCUT2D eigenvalue weighted by Gasteiger charge is 2.23. The number of hydrogen-bond acceptors (Lipinski definition) is 4. The van der Waals surface area contributed by atoms with Gasteiger partial charge in [-0.05, 0) is 6.07 Å². The maximum Gasteiger partial charge on any atom is 0.267 e. The minimum atomic E-state index is -3.76. The Balaban J connectivity index is 2.97. The highest BCUT2D eigenvalue weighted by Crippen LogP contribution is 2.32. The quantitative estimate of drug-likeness (QED) is 0.918. The molecule has 0 atom stereocenters. The lowest BCUT2D eigenvalue weighted by Gasteiger charge is -2.10. The van der Waals surface area contributed by atoms with Gasteiger partial charge in [0.2, 0.25) is 0 Å². The molecular formula is C13H9ClN2O3S. The summed E-state index contributed by atoms with van der Waals surface area (Å²) in [6, 6.07) is 8.23. The van der Waals surface area contributed by atoms with Crippen molar-refractivity contribution in [2.24, 2.45) is 0 Å². The normalized spacial score (nSPS) is 11.1. The number of rotatable bonds is 2. The van der Waals surface area contributed by atoms with Gasteiger partial charge in [-0.1, -0.05) is 29.8 Å². The Labute approximate surface area is 120 Å². The summed E-state index contributed by atoms with van der Waals surface area (Å²) in [5, 5.41) is 9.36. The van der Waals surface area contributed by atoms with Crippen LogP contribution in [-0.2, 0) is 9.84 Å². The van der Waals surface area contributed by atoms with E-state index in [-0.39, 0.29) is 10.5 Å². The summed E-state index contributed by atoms with van der Waals surface area (Å²) < 4.78 is 23.8. The zero-order valence-corrected chi connectivity index (χ0v) is 11.9. The van der Waals surface area contributed by atoms with Gasteiger partial charge in [-0.2, -0.15) is 5.26 Å². The number of nitriles is 1. The number of nitrogens with zero attached hydrogens (tertiary/aromatic N) is 1. The van der Waals surface area contributed by atoms with Gasteiger partial charge in [0, 0.05) is 28.6 Å². The van der Waals surface area contributed by atoms with Crippen molar-refractivity contribution in [3.05, 3.63) is 51.4 Å². The third-order valence-electron chi connectivity index (χ3n) is 2.69. The molecule has 1 N–H and O–H groups in total. The highest BCUT2D eigenvalue weighted by molar-refractivity contribution is 7.91. The number of sulfone groups is 1. The van der Waals surface area contributed by atoms with Crippen LogP contribution in [0.4, 0.5) is 0 Å². The van der Waals surface area contributed by atoms with E-state index in [4.69, 9.17) is 16.9 Å². The fourth-order valence-corrected chi connectivity index (χ4v) is 3.19. The van der Waals surface area contributed by atoms with Gasteiger partial charge in [0.15, 0.2) is 9.84 Å². The van der Waals surface area contributed by atoms with Gasteiger partial charge in [-0.3, -0.25) is 4.79 Å². The molecule has 0 saturated carbocycles. The average Bonchev–Trinajstić information content (AvgIpc) is 2.38. The molecule has 20 heavy (non-hydrogen) atoms. The molecule has 5 nitrogen and oxygen atoms in total. The van der Waals surface area contributed by atoms with Crippen molar-refractivity contribution in [1.29, 1.82) is 5.26 Å². The lowest BCUT2D eigenvalue weighted by molar-refractivity contribution is 0.601. The van der Waals surface area contributed by atoms with E-state index in [1.165, 1.54) is 6.20 Å². The second-order valence-electron chi connectivity index (χ2n) is 4.10. The number of nitrogens with one attached hydrogen (secondary N) is 1. The topological polar surface area (TPSA) is 90.8 Å². The van der Waals surface area contributed by atoms with Crippen molar-refractivity contribution >= 4 is 21.4 Å². The minimum Gasteiger partial charge on any atom is -0.327 e. The Kier molecular flexibility index (Phi) is 3.66. The summed E-state index contributed by atoms with van der Waals surface area (Å²) in [4.78, 5) is 13.7. The first-order chi connectivity index (χ1) is 9.36. The molecular weight excluding hydrogens is 300 g/mol. The van der Waals surface area contributed by atoms with Gasteiger partial charge in [-0.25, -0.2) is 8.42 Å². The molecule has 0 unspecified atom stereocenters. The Hall–Kier alpha value is -2.10. The Morgan fingerprint density at radius 1 is 1.25 bits per heavy atom. The number of aromatic nitrogens is 1. The van der Waals surface area contributed by atoms with Gasteiger partial charge in [-0.15, -0.1) is 0 Å². The van der Waals surface area contributed by atoms with Gasteiger partial charge < -0.3 is 4.98 Å². The van der Waals surface area contributed by atoms with Crippen LogP contribution in [0.2, 0.25) is 5.02 Å². The first-order valence-corrected chi connectivity index (χ1v) is 7.74. The monoisotopic (exact) mass is 308 g/mol. The summed E-state index contributed by atoms with van der Waals surface area (Å²) >= 11 is 6.05. The molecule has 0 aliphatic carbocycles. The minimum absolute atomic E-state index is 0.203. The number of aromatic amines is 1. The molecule has 0 radical (unpaired) electrons. The summed E-state index contributed by atoms with van der Waals surface area (Å²) in [5.74, 6) is 0. The standard InChI is InChI=1S/C13H9ClN2O3S/c1-20(18,19)12-9(6-15)13(17)16-7-10(12)8-4-2-3-5-11(8)14/h2-5,7H,1H3,(H,16,17). The Bertz CT molecular complexity index is 879. The maximum atomic E-state index is 11.9. The first kappa shape index (κ1) is 14.3. The smallest absolute Gasteiger partial charge is 0.267 e. The second kappa shape index (κ2) is 5.12. The third kappa shape index (κ3) is 2.46. The van der Waals surface area contributed by atoms with Crippen LogP contribution >= 0.6 is 11.6 Å². The largest absolute Gasteiger partial charge is 0.327 e. The molecule has 0 amide bonds. The molecule has 0 spiro atoms. The molecule has 1 heterocycles. The SMILES string of the molecule is CS(=O)(=O)c1c(-c2ccccc2Cl)c[nH]c(=O)c1C#N. The van der Waals surface area contributed by atoms with E-state index in [0.29, 0.717) is 10.6 Å². The molecule has 0 saturated heterocycles. The zero-order chi connectivity index (χ0) is 14.9. The van der Waals surface area contributed by atoms with Gasteiger partial charge in [0.1, 0.15) is 11.6 Å². The first-order valence-electron chi connectivity index (χ1n) is 5.47. The van der Waals surface area contributed by atoms with Gasteiger partial charge in [0.05, 0.1) is 4.90 Å².